The van der Waals surface area contributed by atoms with Gasteiger partial charge in [-0.2, -0.15) is 0 Å². The first kappa shape index (κ1) is 15.8. The number of carbonyl (C=O) groups excluding carboxylic acids is 2. The summed E-state index contributed by atoms with van der Waals surface area (Å²) in [5.74, 6) is 0.211. The highest BCUT2D eigenvalue weighted by Gasteiger charge is 2.30. The minimum Gasteiger partial charge on any atom is -0.355 e. The number of carbonyl (C=O) groups is 2. The van der Waals surface area contributed by atoms with E-state index >= 15 is 0 Å². The highest BCUT2D eigenvalue weighted by molar-refractivity contribution is 7.16. The number of piperazine rings is 1. The minimum absolute atomic E-state index is 0.0413. The second kappa shape index (κ2) is 6.98. The summed E-state index contributed by atoms with van der Waals surface area (Å²) in [6.45, 7) is 4.70. The SMILES string of the molecule is O=C1CC[C@@H](C(=O)N2CCN(Cc3ccc(Cl)s3)CC2)CN1. The Balaban J connectivity index is 1.47. The van der Waals surface area contributed by atoms with E-state index in [9.17, 15) is 9.59 Å². The molecule has 1 atom stereocenters. The first-order valence-corrected chi connectivity index (χ1v) is 8.83. The number of hydrogen-bond donors (Lipinski definition) is 1. The van der Waals surface area contributed by atoms with Gasteiger partial charge in [0.05, 0.1) is 10.3 Å². The molecule has 2 amide bonds. The summed E-state index contributed by atoms with van der Waals surface area (Å²) in [4.78, 5) is 29.2. The maximum atomic E-state index is 12.5. The topological polar surface area (TPSA) is 52.7 Å². The van der Waals surface area contributed by atoms with Crippen LogP contribution in [0, 0.1) is 5.92 Å². The molecule has 2 saturated heterocycles. The van der Waals surface area contributed by atoms with Crippen molar-refractivity contribution in [2.75, 3.05) is 32.7 Å². The number of thiophene rings is 1. The van der Waals surface area contributed by atoms with E-state index in [0.717, 1.165) is 37.1 Å². The van der Waals surface area contributed by atoms with Crippen molar-refractivity contribution >= 4 is 34.8 Å². The highest BCUT2D eigenvalue weighted by Crippen LogP contribution is 2.23. The van der Waals surface area contributed by atoms with E-state index in [0.29, 0.717) is 19.4 Å². The average Bonchev–Trinajstić information content (AvgIpc) is 2.93. The summed E-state index contributed by atoms with van der Waals surface area (Å²) in [5.41, 5.74) is 0. The van der Waals surface area contributed by atoms with E-state index in [-0.39, 0.29) is 17.7 Å². The van der Waals surface area contributed by atoms with Crippen LogP contribution in [0.1, 0.15) is 17.7 Å². The molecule has 3 heterocycles. The van der Waals surface area contributed by atoms with Crippen molar-refractivity contribution in [3.8, 4) is 0 Å². The Bertz CT molecular complexity index is 545. The van der Waals surface area contributed by atoms with Gasteiger partial charge in [-0.3, -0.25) is 14.5 Å². The zero-order valence-electron chi connectivity index (χ0n) is 12.4. The first-order chi connectivity index (χ1) is 10.6. The van der Waals surface area contributed by atoms with Gasteiger partial charge in [0.2, 0.25) is 11.8 Å². The lowest BCUT2D eigenvalue weighted by Gasteiger charge is -2.37. The van der Waals surface area contributed by atoms with Crippen LogP contribution in [0.25, 0.3) is 0 Å². The number of halogens is 1. The van der Waals surface area contributed by atoms with Crippen LogP contribution in [0.2, 0.25) is 4.34 Å². The quantitative estimate of drug-likeness (QED) is 0.908. The third kappa shape index (κ3) is 3.80. The molecule has 0 bridgehead atoms. The van der Waals surface area contributed by atoms with Crippen molar-refractivity contribution in [1.29, 1.82) is 0 Å². The van der Waals surface area contributed by atoms with E-state index in [4.69, 9.17) is 11.6 Å². The van der Waals surface area contributed by atoms with Crippen LogP contribution in [-0.4, -0.2) is 54.3 Å². The summed E-state index contributed by atoms with van der Waals surface area (Å²) < 4.78 is 0.822. The fraction of sp³-hybridized carbons (Fsp3) is 0.600. The first-order valence-electron chi connectivity index (χ1n) is 7.64. The number of nitrogens with zero attached hydrogens (tertiary/aromatic N) is 2. The predicted molar refractivity (Wildman–Crippen MR) is 86.9 cm³/mol. The molecule has 0 aromatic carbocycles. The van der Waals surface area contributed by atoms with E-state index in [1.165, 1.54) is 4.88 Å². The van der Waals surface area contributed by atoms with Crippen molar-refractivity contribution in [2.45, 2.75) is 19.4 Å². The standard InChI is InChI=1S/C15H20ClN3O2S/c16-13-3-2-12(22-13)10-18-5-7-19(8-6-18)15(21)11-1-4-14(20)17-9-11/h2-3,11H,1,4-10H2,(H,17,20)/t11-/m1/s1. The summed E-state index contributed by atoms with van der Waals surface area (Å²) in [6, 6.07) is 3.99. The van der Waals surface area contributed by atoms with Crippen LogP contribution in [0.3, 0.4) is 0 Å². The van der Waals surface area contributed by atoms with Crippen LogP contribution in [0.5, 0.6) is 0 Å². The van der Waals surface area contributed by atoms with Gasteiger partial charge >= 0.3 is 0 Å². The molecule has 3 rings (SSSR count). The molecule has 0 aliphatic carbocycles. The van der Waals surface area contributed by atoms with Crippen LogP contribution in [-0.2, 0) is 16.1 Å². The summed E-state index contributed by atoms with van der Waals surface area (Å²) >= 11 is 7.57. The number of rotatable bonds is 3. The van der Waals surface area contributed by atoms with Gasteiger partial charge in [0.1, 0.15) is 0 Å². The van der Waals surface area contributed by atoms with Gasteiger partial charge < -0.3 is 10.2 Å². The van der Waals surface area contributed by atoms with Crippen molar-refractivity contribution in [3.63, 3.8) is 0 Å². The van der Waals surface area contributed by atoms with Crippen molar-refractivity contribution in [1.82, 2.24) is 15.1 Å². The maximum Gasteiger partial charge on any atom is 0.227 e. The molecule has 2 aliphatic rings. The Kier molecular flexibility index (Phi) is 5.00. The average molecular weight is 342 g/mol. The molecule has 0 unspecified atom stereocenters. The van der Waals surface area contributed by atoms with Gasteiger partial charge in [-0.25, -0.2) is 0 Å². The van der Waals surface area contributed by atoms with Crippen molar-refractivity contribution < 1.29 is 9.59 Å². The Labute approximate surface area is 139 Å². The van der Waals surface area contributed by atoms with Gasteiger partial charge in [0.25, 0.3) is 0 Å². The van der Waals surface area contributed by atoms with Crippen LogP contribution in [0.4, 0.5) is 0 Å². The molecule has 22 heavy (non-hydrogen) atoms. The van der Waals surface area contributed by atoms with Gasteiger partial charge in [0.15, 0.2) is 0 Å². The molecule has 0 radical (unpaired) electrons. The molecule has 120 valence electrons. The number of amides is 2. The summed E-state index contributed by atoms with van der Waals surface area (Å²) in [6.07, 6.45) is 1.15. The van der Waals surface area contributed by atoms with Crippen LogP contribution < -0.4 is 5.32 Å². The molecule has 5 nitrogen and oxygen atoms in total. The maximum absolute atomic E-state index is 12.5. The monoisotopic (exact) mass is 341 g/mol. The molecule has 7 heteroatoms. The normalized spacial score (nSPS) is 23.4. The molecule has 1 aromatic heterocycles. The highest BCUT2D eigenvalue weighted by atomic mass is 35.5. The Morgan fingerprint density at radius 2 is 2.09 bits per heavy atom. The number of nitrogens with one attached hydrogen (secondary N) is 1. The second-order valence-corrected chi connectivity index (χ2v) is 7.65. The van der Waals surface area contributed by atoms with E-state index in [1.807, 2.05) is 11.0 Å². The largest absolute Gasteiger partial charge is 0.355 e. The fourth-order valence-corrected chi connectivity index (χ4v) is 4.12. The van der Waals surface area contributed by atoms with Crippen LogP contribution in [0.15, 0.2) is 12.1 Å². The predicted octanol–water partition coefficient (Wildman–Crippen LogP) is 1.57. The minimum atomic E-state index is -0.0413. The molecule has 2 aliphatic heterocycles. The number of hydrogen-bond acceptors (Lipinski definition) is 4. The third-order valence-corrected chi connectivity index (χ3v) is 5.52. The zero-order valence-corrected chi connectivity index (χ0v) is 14.0. The summed E-state index contributed by atoms with van der Waals surface area (Å²) in [5, 5.41) is 2.79. The zero-order chi connectivity index (χ0) is 15.5. The van der Waals surface area contributed by atoms with E-state index in [2.05, 4.69) is 16.3 Å². The smallest absolute Gasteiger partial charge is 0.227 e. The number of piperidine rings is 1. The molecular weight excluding hydrogens is 322 g/mol. The van der Waals surface area contributed by atoms with Gasteiger partial charge in [-0.1, -0.05) is 11.6 Å². The molecular formula is C15H20ClN3O2S. The van der Waals surface area contributed by atoms with Gasteiger partial charge in [0, 0.05) is 50.6 Å². The summed E-state index contributed by atoms with van der Waals surface area (Å²) in [7, 11) is 0. The Hall–Kier alpha value is -1.11. The molecule has 1 aromatic rings. The van der Waals surface area contributed by atoms with Crippen LogP contribution >= 0.6 is 22.9 Å². The van der Waals surface area contributed by atoms with E-state index < -0.39 is 0 Å². The van der Waals surface area contributed by atoms with Gasteiger partial charge in [-0.15, -0.1) is 11.3 Å². The molecule has 0 saturated carbocycles. The molecule has 1 N–H and O–H groups in total. The van der Waals surface area contributed by atoms with E-state index in [1.54, 1.807) is 11.3 Å². The Morgan fingerprint density at radius 3 is 2.68 bits per heavy atom. The molecule has 0 spiro atoms. The lowest BCUT2D eigenvalue weighted by atomic mass is 9.97. The lowest BCUT2D eigenvalue weighted by molar-refractivity contribution is -0.139. The van der Waals surface area contributed by atoms with Crippen molar-refractivity contribution in [3.05, 3.63) is 21.3 Å². The van der Waals surface area contributed by atoms with Crippen molar-refractivity contribution in [2.24, 2.45) is 5.92 Å². The lowest BCUT2D eigenvalue weighted by Crippen LogP contribution is -2.52. The van der Waals surface area contributed by atoms with Gasteiger partial charge in [-0.05, 0) is 18.6 Å². The second-order valence-electron chi connectivity index (χ2n) is 5.85. The Morgan fingerprint density at radius 1 is 1.32 bits per heavy atom. The molecule has 2 fully saturated rings. The fourth-order valence-electron chi connectivity index (χ4n) is 2.99. The third-order valence-electron chi connectivity index (χ3n) is 4.31.